The van der Waals surface area contributed by atoms with E-state index in [0.29, 0.717) is 46.4 Å². The van der Waals surface area contributed by atoms with E-state index in [2.05, 4.69) is 88.4 Å². The van der Waals surface area contributed by atoms with Gasteiger partial charge in [-0.25, -0.2) is 0 Å². The minimum atomic E-state index is -2.21. The van der Waals surface area contributed by atoms with Crippen molar-refractivity contribution < 1.29 is 18.4 Å². The molecular formula is C37H63ClO4Si2. The summed E-state index contributed by atoms with van der Waals surface area (Å²) in [5, 5.41) is 1.15. The zero-order valence-corrected chi connectivity index (χ0v) is 32.9. The van der Waals surface area contributed by atoms with E-state index in [1.54, 1.807) is 0 Å². The second-order valence-electron chi connectivity index (χ2n) is 17.7. The molecule has 0 heterocycles. The van der Waals surface area contributed by atoms with E-state index in [4.69, 9.17) is 25.2 Å². The van der Waals surface area contributed by atoms with Gasteiger partial charge in [-0.2, -0.15) is 0 Å². The number of allylic oxidation sites excluding steroid dienone is 4. The molecule has 250 valence electrons. The van der Waals surface area contributed by atoms with E-state index in [9.17, 15) is 4.79 Å². The number of rotatable bonds is 9. The summed E-state index contributed by atoms with van der Waals surface area (Å²) >= 11 is 7.16. The van der Waals surface area contributed by atoms with Crippen LogP contribution in [0.1, 0.15) is 108 Å². The molecule has 0 radical (unpaired) electrons. The molecule has 0 saturated heterocycles. The second kappa shape index (κ2) is 11.8. The maximum absolute atomic E-state index is 13.9. The summed E-state index contributed by atoms with van der Waals surface area (Å²) in [6.45, 7) is 30.9. The average Bonchev–Trinajstić information content (AvgIpc) is 3.68. The van der Waals surface area contributed by atoms with E-state index in [-0.39, 0.29) is 40.8 Å². The van der Waals surface area contributed by atoms with Crippen LogP contribution in [0.3, 0.4) is 0 Å². The molecule has 0 unspecified atom stereocenters. The van der Waals surface area contributed by atoms with Gasteiger partial charge in [-0.3, -0.25) is 4.79 Å². The van der Waals surface area contributed by atoms with Crippen LogP contribution in [-0.2, 0) is 18.4 Å². The number of carbonyl (C=O) groups is 1. The number of hydrogen-bond donors (Lipinski definition) is 0. The Bertz CT molecular complexity index is 1150. The molecule has 44 heavy (non-hydrogen) atoms. The first-order chi connectivity index (χ1) is 20.4. The maximum atomic E-state index is 13.9. The average molecular weight is 664 g/mol. The van der Waals surface area contributed by atoms with E-state index in [0.717, 1.165) is 24.3 Å². The Hall–Kier alpha value is -0.566. The highest BCUT2D eigenvalue weighted by atomic mass is 35.5. The van der Waals surface area contributed by atoms with Crippen LogP contribution >= 0.6 is 11.6 Å². The number of halogens is 1. The predicted molar refractivity (Wildman–Crippen MR) is 187 cm³/mol. The molecule has 5 aliphatic carbocycles. The lowest BCUT2D eigenvalue weighted by Crippen LogP contribution is -2.65. The van der Waals surface area contributed by atoms with Crippen molar-refractivity contribution in [1.29, 1.82) is 0 Å². The lowest BCUT2D eigenvalue weighted by molar-refractivity contribution is -0.163. The van der Waals surface area contributed by atoms with Gasteiger partial charge in [0.2, 0.25) is 16.6 Å². The molecule has 4 bridgehead atoms. The smallest absolute Gasteiger partial charge is 0.309 e. The van der Waals surface area contributed by atoms with Gasteiger partial charge in [0.1, 0.15) is 0 Å². The number of fused-ring (bicyclic) bond motifs is 6. The van der Waals surface area contributed by atoms with Crippen molar-refractivity contribution in [1.82, 2.24) is 0 Å². The summed E-state index contributed by atoms with van der Waals surface area (Å²) in [5.74, 6) is 2.87. The molecule has 7 heteroatoms. The highest BCUT2D eigenvalue weighted by Crippen LogP contribution is 2.75. The van der Waals surface area contributed by atoms with Crippen LogP contribution < -0.4 is 0 Å². The minimum absolute atomic E-state index is 0.0178. The molecule has 5 rings (SSSR count). The van der Waals surface area contributed by atoms with Gasteiger partial charge in [-0.1, -0.05) is 86.9 Å². The van der Waals surface area contributed by atoms with E-state index >= 15 is 0 Å². The largest absolute Gasteiger partial charge is 0.547 e. The number of ether oxygens (including phenoxy) is 1. The molecule has 8 atom stereocenters. The quantitative estimate of drug-likeness (QED) is 0.182. The zero-order chi connectivity index (χ0) is 32.7. The molecule has 0 N–H and O–H groups in total. The van der Waals surface area contributed by atoms with Crippen molar-refractivity contribution in [3.63, 3.8) is 0 Å². The molecular weight excluding hydrogens is 600 g/mol. The normalized spacial score (nSPS) is 34.8. The fourth-order valence-electron chi connectivity index (χ4n) is 10.8. The summed E-state index contributed by atoms with van der Waals surface area (Å²) in [6.07, 6.45) is 7.75. The van der Waals surface area contributed by atoms with Crippen LogP contribution in [0.5, 0.6) is 0 Å². The number of carbonyl (C=O) groups excluding carboxylic acids is 1. The van der Waals surface area contributed by atoms with Gasteiger partial charge >= 0.3 is 5.97 Å². The summed E-state index contributed by atoms with van der Waals surface area (Å²) in [4.78, 5) is 13.9. The Balaban J connectivity index is 1.73. The fraction of sp³-hybridized carbons (Fsp3) is 0.865. The van der Waals surface area contributed by atoms with Gasteiger partial charge in [0.05, 0.1) is 24.4 Å². The Morgan fingerprint density at radius 3 is 2.16 bits per heavy atom. The van der Waals surface area contributed by atoms with Crippen molar-refractivity contribution in [3.05, 3.63) is 22.4 Å². The summed E-state index contributed by atoms with van der Waals surface area (Å²) in [7, 11) is -4.27. The van der Waals surface area contributed by atoms with Gasteiger partial charge in [0.15, 0.2) is 0 Å². The van der Waals surface area contributed by atoms with Gasteiger partial charge in [-0.15, -0.1) is 0 Å². The van der Waals surface area contributed by atoms with Crippen LogP contribution in [0.25, 0.3) is 0 Å². The maximum Gasteiger partial charge on any atom is 0.309 e. The first-order valence-corrected chi connectivity index (χ1v) is 23.4. The number of hydrogen-bond acceptors (Lipinski definition) is 4. The Morgan fingerprint density at radius 1 is 1.07 bits per heavy atom. The van der Waals surface area contributed by atoms with E-state index in [1.165, 1.54) is 24.2 Å². The van der Waals surface area contributed by atoms with Crippen molar-refractivity contribution >= 4 is 34.2 Å². The van der Waals surface area contributed by atoms with Crippen molar-refractivity contribution in [3.8, 4) is 0 Å². The van der Waals surface area contributed by atoms with Crippen molar-refractivity contribution in [2.75, 3.05) is 6.61 Å². The van der Waals surface area contributed by atoms with Crippen molar-refractivity contribution in [2.45, 2.75) is 149 Å². The zero-order valence-electron chi connectivity index (χ0n) is 30.2. The Morgan fingerprint density at radius 2 is 1.66 bits per heavy atom. The van der Waals surface area contributed by atoms with Crippen molar-refractivity contribution in [2.24, 2.45) is 46.8 Å². The van der Waals surface area contributed by atoms with Crippen LogP contribution in [0.15, 0.2) is 22.4 Å². The summed E-state index contributed by atoms with van der Waals surface area (Å²) in [5.41, 5.74) is 3.26. The predicted octanol–water partition coefficient (Wildman–Crippen LogP) is 10.8. The van der Waals surface area contributed by atoms with Crippen LogP contribution in [0.4, 0.5) is 0 Å². The van der Waals surface area contributed by atoms with E-state index < -0.39 is 16.6 Å². The lowest BCUT2D eigenvalue weighted by atomic mass is 9.44. The first kappa shape index (κ1) is 34.8. The Kier molecular flexibility index (Phi) is 9.35. The van der Waals surface area contributed by atoms with Crippen LogP contribution in [-0.4, -0.2) is 35.3 Å². The molecule has 0 aliphatic heterocycles. The molecule has 0 aromatic rings. The highest BCUT2D eigenvalue weighted by molar-refractivity contribution is 6.77. The van der Waals surface area contributed by atoms with Crippen LogP contribution in [0.2, 0.25) is 34.8 Å². The summed E-state index contributed by atoms with van der Waals surface area (Å²) in [6, 6.07) is 0. The Labute approximate surface area is 276 Å². The van der Waals surface area contributed by atoms with Gasteiger partial charge in [-0.05, 0) is 108 Å². The number of esters is 1. The van der Waals surface area contributed by atoms with Crippen LogP contribution in [0, 0.1) is 46.8 Å². The topological polar surface area (TPSA) is 44.8 Å². The standard InChI is InChI=1S/C37H63ClO4Si2/c1-14-40-35(39)25-15-16-30(41-43(12,13)36(9,10)11)27-19-26-28-20-29(38)24(8)33(37(28)17-18-37)32(31(25)27)34(26)42-44(21(2)3,22(4)5)23(6)7/h20-26,28,31-34H,14-19H2,1-13H3/t24-,25-,26+,28-,31-,32-,33-,34-/m0/s1. The van der Waals surface area contributed by atoms with E-state index in [1.807, 2.05) is 6.92 Å². The lowest BCUT2D eigenvalue weighted by Gasteiger charge is -2.64. The molecule has 0 amide bonds. The van der Waals surface area contributed by atoms with Gasteiger partial charge in [0, 0.05) is 17.4 Å². The molecule has 4 nitrogen and oxygen atoms in total. The molecule has 5 aliphatic rings. The third-order valence-electron chi connectivity index (χ3n) is 13.7. The molecule has 3 fully saturated rings. The highest BCUT2D eigenvalue weighted by Gasteiger charge is 2.72. The third kappa shape index (κ3) is 5.26. The SMILES string of the molecule is CCOC(=O)[C@H]1CCC(O[Si](C)(C)C(C)(C)C)=C2C[C@H]3[C@H](O[Si](C(C)C)(C(C)C)C(C)C)[C@@H]([C@H]21)[C@@H]1[C@@H](C)C(Cl)=C[C@@H]3C12CC2. The third-order valence-corrected chi connectivity index (χ3v) is 24.6. The first-order valence-electron chi connectivity index (χ1n) is 18.0. The molecule has 3 saturated carbocycles. The molecule has 1 spiro atoms. The van der Waals surface area contributed by atoms with Gasteiger partial charge < -0.3 is 13.6 Å². The molecule has 0 aromatic carbocycles. The second-order valence-corrected chi connectivity index (χ2v) is 28.3. The van der Waals surface area contributed by atoms with Gasteiger partial charge in [0.25, 0.3) is 0 Å². The fourth-order valence-corrected chi connectivity index (χ4v) is 17.8. The minimum Gasteiger partial charge on any atom is -0.547 e. The summed E-state index contributed by atoms with van der Waals surface area (Å²) < 4.78 is 21.1. The molecule has 0 aromatic heterocycles. The monoisotopic (exact) mass is 662 g/mol.